The molecule has 2 atom stereocenters. The Bertz CT molecular complexity index is 663. The zero-order valence-electron chi connectivity index (χ0n) is 11.5. The molecule has 0 spiro atoms. The first-order chi connectivity index (χ1) is 9.88. The molecule has 1 aliphatic carbocycles. The highest BCUT2D eigenvalue weighted by Crippen LogP contribution is 2.44. The molecule has 2 nitrogen and oxygen atoms in total. The molecule has 3 heterocycles. The third kappa shape index (κ3) is 1.57. The standard InChI is InChI=1S/C17H18N2S/c1-2-6-14-11(4-1)9-15-16(14)18-17(20-15)12-8-13-5-3-7-19(13)10-12/h1-2,4,6,12-13H,3,5,7-10H2/t12-,13+/m1/s1. The predicted octanol–water partition coefficient (Wildman–Crippen LogP) is 3.67. The molecule has 1 aromatic carbocycles. The highest BCUT2D eigenvalue weighted by molar-refractivity contribution is 7.12. The van der Waals surface area contributed by atoms with Gasteiger partial charge in [-0.3, -0.25) is 4.90 Å². The first-order valence-electron chi connectivity index (χ1n) is 7.70. The molecule has 20 heavy (non-hydrogen) atoms. The maximum absolute atomic E-state index is 5.03. The minimum absolute atomic E-state index is 0.697. The van der Waals surface area contributed by atoms with E-state index in [0.717, 1.165) is 12.5 Å². The lowest BCUT2D eigenvalue weighted by molar-refractivity contribution is 0.322. The van der Waals surface area contributed by atoms with Crippen molar-refractivity contribution in [3.63, 3.8) is 0 Å². The summed E-state index contributed by atoms with van der Waals surface area (Å²) in [5.41, 5.74) is 4.12. The number of nitrogens with zero attached hydrogens (tertiary/aromatic N) is 2. The van der Waals surface area contributed by atoms with Gasteiger partial charge >= 0.3 is 0 Å². The molecule has 0 N–H and O–H groups in total. The van der Waals surface area contributed by atoms with Gasteiger partial charge in [0.1, 0.15) is 0 Å². The quantitative estimate of drug-likeness (QED) is 0.677. The summed E-state index contributed by atoms with van der Waals surface area (Å²) in [5.74, 6) is 0.697. The number of fused-ring (bicyclic) bond motifs is 4. The Balaban J connectivity index is 1.48. The van der Waals surface area contributed by atoms with Crippen LogP contribution >= 0.6 is 11.3 Å². The van der Waals surface area contributed by atoms with Gasteiger partial charge in [0.15, 0.2) is 0 Å². The summed E-state index contributed by atoms with van der Waals surface area (Å²) in [6.07, 6.45) is 5.25. The molecule has 3 heteroatoms. The van der Waals surface area contributed by atoms with E-state index in [4.69, 9.17) is 4.98 Å². The van der Waals surface area contributed by atoms with Crippen LogP contribution in [0.2, 0.25) is 0 Å². The van der Waals surface area contributed by atoms with Crippen molar-refractivity contribution in [2.75, 3.05) is 13.1 Å². The maximum Gasteiger partial charge on any atom is 0.0979 e. The third-order valence-electron chi connectivity index (χ3n) is 5.20. The van der Waals surface area contributed by atoms with E-state index in [1.54, 1.807) is 0 Å². The Labute approximate surface area is 123 Å². The van der Waals surface area contributed by atoms with Crippen molar-refractivity contribution in [2.24, 2.45) is 0 Å². The van der Waals surface area contributed by atoms with Crippen LogP contribution in [0.4, 0.5) is 0 Å². The van der Waals surface area contributed by atoms with Crippen LogP contribution < -0.4 is 0 Å². The zero-order valence-corrected chi connectivity index (χ0v) is 12.3. The van der Waals surface area contributed by atoms with E-state index in [2.05, 4.69) is 29.2 Å². The van der Waals surface area contributed by atoms with Gasteiger partial charge in [-0.2, -0.15) is 0 Å². The lowest BCUT2D eigenvalue weighted by Crippen LogP contribution is -2.22. The summed E-state index contributed by atoms with van der Waals surface area (Å²) in [6, 6.07) is 9.61. The van der Waals surface area contributed by atoms with E-state index >= 15 is 0 Å². The van der Waals surface area contributed by atoms with Crippen molar-refractivity contribution in [1.82, 2.24) is 9.88 Å². The normalized spacial score (nSPS) is 27.6. The van der Waals surface area contributed by atoms with Crippen LogP contribution in [-0.2, 0) is 6.42 Å². The fourth-order valence-electron chi connectivity index (χ4n) is 4.22. The first kappa shape index (κ1) is 11.5. The van der Waals surface area contributed by atoms with E-state index < -0.39 is 0 Å². The summed E-state index contributed by atoms with van der Waals surface area (Å²) in [7, 11) is 0. The van der Waals surface area contributed by atoms with Crippen LogP contribution in [0.1, 0.15) is 40.6 Å². The predicted molar refractivity (Wildman–Crippen MR) is 82.3 cm³/mol. The van der Waals surface area contributed by atoms with Gasteiger partial charge in [0.2, 0.25) is 0 Å². The monoisotopic (exact) mass is 282 g/mol. The van der Waals surface area contributed by atoms with Crippen molar-refractivity contribution < 1.29 is 0 Å². The van der Waals surface area contributed by atoms with E-state index in [0.29, 0.717) is 5.92 Å². The molecule has 0 amide bonds. The SMILES string of the molecule is c1ccc2c(c1)Cc1sc([C@@H]3C[C@@H]4CCCN4C3)nc1-2. The zero-order chi connectivity index (χ0) is 13.1. The molecule has 2 fully saturated rings. The number of aromatic nitrogens is 1. The molecule has 0 saturated carbocycles. The van der Waals surface area contributed by atoms with Crippen molar-refractivity contribution >= 4 is 11.3 Å². The van der Waals surface area contributed by atoms with Gasteiger partial charge in [-0.05, 0) is 31.4 Å². The average Bonchev–Trinajstić information content (AvgIpc) is 3.16. The second-order valence-corrected chi connectivity index (χ2v) is 7.50. The van der Waals surface area contributed by atoms with Gasteiger partial charge < -0.3 is 0 Å². The number of benzene rings is 1. The summed E-state index contributed by atoms with van der Waals surface area (Å²) >= 11 is 1.98. The summed E-state index contributed by atoms with van der Waals surface area (Å²) in [6.45, 7) is 2.56. The largest absolute Gasteiger partial charge is 0.300 e. The van der Waals surface area contributed by atoms with E-state index in [9.17, 15) is 0 Å². The van der Waals surface area contributed by atoms with Gasteiger partial charge in [-0.1, -0.05) is 24.3 Å². The Morgan fingerprint density at radius 1 is 1.25 bits per heavy atom. The fraction of sp³-hybridized carbons (Fsp3) is 0.471. The van der Waals surface area contributed by atoms with Gasteiger partial charge in [-0.25, -0.2) is 4.98 Å². The van der Waals surface area contributed by atoms with Gasteiger partial charge in [0.25, 0.3) is 0 Å². The smallest absolute Gasteiger partial charge is 0.0979 e. The molecule has 5 rings (SSSR count). The third-order valence-corrected chi connectivity index (χ3v) is 6.42. The molecule has 102 valence electrons. The van der Waals surface area contributed by atoms with Gasteiger partial charge in [0, 0.05) is 35.4 Å². The van der Waals surface area contributed by atoms with Crippen LogP contribution in [0, 0.1) is 0 Å². The Kier molecular flexibility index (Phi) is 2.38. The minimum atomic E-state index is 0.697. The van der Waals surface area contributed by atoms with Crippen LogP contribution in [0.3, 0.4) is 0 Å². The number of hydrogen-bond donors (Lipinski definition) is 0. The van der Waals surface area contributed by atoms with E-state index in [1.165, 1.54) is 59.1 Å². The number of hydrogen-bond acceptors (Lipinski definition) is 3. The fourth-order valence-corrected chi connectivity index (χ4v) is 5.43. The molecule has 2 aromatic rings. The number of thiazole rings is 1. The summed E-state index contributed by atoms with van der Waals surface area (Å²) < 4.78 is 0. The summed E-state index contributed by atoms with van der Waals surface area (Å²) in [5, 5.41) is 1.40. The van der Waals surface area contributed by atoms with Gasteiger partial charge in [-0.15, -0.1) is 11.3 Å². The number of rotatable bonds is 1. The lowest BCUT2D eigenvalue weighted by Gasteiger charge is -2.12. The molecule has 0 radical (unpaired) electrons. The highest BCUT2D eigenvalue weighted by Gasteiger charge is 2.37. The van der Waals surface area contributed by atoms with Crippen LogP contribution in [-0.4, -0.2) is 29.0 Å². The molecule has 3 aliphatic rings. The highest BCUT2D eigenvalue weighted by atomic mass is 32.1. The summed E-state index contributed by atoms with van der Waals surface area (Å²) in [4.78, 5) is 9.21. The minimum Gasteiger partial charge on any atom is -0.300 e. The maximum atomic E-state index is 5.03. The molecule has 2 saturated heterocycles. The first-order valence-corrected chi connectivity index (χ1v) is 8.52. The van der Waals surface area contributed by atoms with Crippen molar-refractivity contribution in [3.8, 4) is 11.3 Å². The second kappa shape index (κ2) is 4.15. The van der Waals surface area contributed by atoms with E-state index in [-0.39, 0.29) is 0 Å². The second-order valence-electron chi connectivity index (χ2n) is 6.38. The Hall–Kier alpha value is -1.19. The molecule has 2 aliphatic heterocycles. The van der Waals surface area contributed by atoms with Crippen molar-refractivity contribution in [3.05, 3.63) is 39.7 Å². The molecular formula is C17H18N2S. The van der Waals surface area contributed by atoms with Crippen LogP contribution in [0.15, 0.2) is 24.3 Å². The lowest BCUT2D eigenvalue weighted by atomic mass is 10.0. The van der Waals surface area contributed by atoms with Crippen molar-refractivity contribution in [2.45, 2.75) is 37.6 Å². The average molecular weight is 282 g/mol. The molecule has 0 unspecified atom stereocenters. The van der Waals surface area contributed by atoms with Crippen LogP contribution in [0.25, 0.3) is 11.3 Å². The molecule has 1 aromatic heterocycles. The molecular weight excluding hydrogens is 264 g/mol. The van der Waals surface area contributed by atoms with Gasteiger partial charge in [0.05, 0.1) is 10.7 Å². The van der Waals surface area contributed by atoms with Crippen molar-refractivity contribution in [1.29, 1.82) is 0 Å². The molecule has 0 bridgehead atoms. The van der Waals surface area contributed by atoms with E-state index in [1.807, 2.05) is 11.3 Å². The Morgan fingerprint density at radius 3 is 3.15 bits per heavy atom. The Morgan fingerprint density at radius 2 is 2.20 bits per heavy atom. The van der Waals surface area contributed by atoms with Crippen LogP contribution in [0.5, 0.6) is 0 Å². The topological polar surface area (TPSA) is 16.1 Å².